The van der Waals surface area contributed by atoms with Crippen LogP contribution < -0.4 is 5.32 Å². The predicted octanol–water partition coefficient (Wildman–Crippen LogP) is 1.63. The number of nitrogens with zero attached hydrogens (tertiary/aromatic N) is 3. The van der Waals surface area contributed by atoms with Crippen LogP contribution >= 0.6 is 0 Å². The largest absolute Gasteiger partial charge is 0.372 e. The molecule has 4 nitrogen and oxygen atoms in total. The quantitative estimate of drug-likeness (QED) is 0.778. The Kier molecular flexibility index (Phi) is 2.26. The van der Waals surface area contributed by atoms with Gasteiger partial charge >= 0.3 is 0 Å². The molecule has 0 radical (unpaired) electrons. The van der Waals surface area contributed by atoms with Gasteiger partial charge in [0.05, 0.1) is 5.39 Å². The Labute approximate surface area is 82.4 Å². The van der Waals surface area contributed by atoms with Crippen LogP contribution in [-0.2, 0) is 6.42 Å². The number of aromatic nitrogens is 3. The fourth-order valence-corrected chi connectivity index (χ4v) is 1.36. The van der Waals surface area contributed by atoms with Crippen LogP contribution in [-0.4, -0.2) is 22.0 Å². The van der Waals surface area contributed by atoms with Crippen molar-refractivity contribution in [3.8, 4) is 0 Å². The van der Waals surface area contributed by atoms with E-state index in [9.17, 15) is 0 Å². The van der Waals surface area contributed by atoms with Crippen molar-refractivity contribution in [2.45, 2.75) is 13.3 Å². The summed E-state index contributed by atoms with van der Waals surface area (Å²) in [5.74, 6) is 1.67. The maximum absolute atomic E-state index is 4.38. The summed E-state index contributed by atoms with van der Waals surface area (Å²) in [5, 5.41) is 4.02. The van der Waals surface area contributed by atoms with Crippen LogP contribution in [0.2, 0.25) is 0 Å². The van der Waals surface area contributed by atoms with Crippen molar-refractivity contribution in [1.82, 2.24) is 15.0 Å². The summed E-state index contributed by atoms with van der Waals surface area (Å²) in [6.45, 7) is 2.03. The first-order chi connectivity index (χ1) is 6.85. The van der Waals surface area contributed by atoms with Gasteiger partial charge in [-0.2, -0.15) is 0 Å². The molecule has 0 aromatic carbocycles. The smallest absolute Gasteiger partial charge is 0.164 e. The second kappa shape index (κ2) is 3.57. The van der Waals surface area contributed by atoms with Crippen LogP contribution in [0.4, 0.5) is 5.82 Å². The summed E-state index contributed by atoms with van der Waals surface area (Å²) in [5.41, 5.74) is 0.753. The fourth-order valence-electron chi connectivity index (χ4n) is 1.36. The van der Waals surface area contributed by atoms with E-state index in [0.29, 0.717) is 0 Å². The number of nitrogens with one attached hydrogen (secondary N) is 1. The highest BCUT2D eigenvalue weighted by molar-refractivity contribution is 5.86. The van der Waals surface area contributed by atoms with E-state index < -0.39 is 0 Å². The molecule has 2 rings (SSSR count). The van der Waals surface area contributed by atoms with Crippen molar-refractivity contribution in [3.05, 3.63) is 24.2 Å². The molecule has 1 N–H and O–H groups in total. The lowest BCUT2D eigenvalue weighted by Gasteiger charge is -2.05. The minimum Gasteiger partial charge on any atom is -0.372 e. The lowest BCUT2D eigenvalue weighted by atomic mass is 10.3. The molecule has 2 heterocycles. The van der Waals surface area contributed by atoms with Crippen molar-refractivity contribution < 1.29 is 0 Å². The first kappa shape index (κ1) is 8.87. The highest BCUT2D eigenvalue weighted by Gasteiger charge is 2.04. The summed E-state index contributed by atoms with van der Waals surface area (Å²) in [6.07, 6.45) is 2.56. The molecule has 2 aromatic rings. The Morgan fingerprint density at radius 3 is 2.93 bits per heavy atom. The SMILES string of the molecule is CCc1nc(NC)c2cccnc2n1. The molecule has 0 amide bonds. The molecule has 0 aliphatic carbocycles. The highest BCUT2D eigenvalue weighted by atomic mass is 15.0. The molecule has 0 aliphatic rings. The average Bonchev–Trinajstić information content (AvgIpc) is 2.27. The lowest BCUT2D eigenvalue weighted by molar-refractivity contribution is 0.954. The Hall–Kier alpha value is -1.71. The standard InChI is InChI=1S/C10H12N4/c1-3-8-13-9(11-2)7-5-4-6-12-10(7)14-8/h4-6H,3H2,1-2H3,(H,11,12,13,14). The fraction of sp³-hybridized carbons (Fsp3) is 0.300. The third kappa shape index (κ3) is 1.39. The second-order valence-electron chi connectivity index (χ2n) is 2.97. The number of aryl methyl sites for hydroxylation is 1. The van der Waals surface area contributed by atoms with Crippen molar-refractivity contribution >= 4 is 16.9 Å². The number of pyridine rings is 1. The summed E-state index contributed by atoms with van der Waals surface area (Å²) < 4.78 is 0. The molecule has 0 atom stereocenters. The van der Waals surface area contributed by atoms with Gasteiger partial charge in [0.1, 0.15) is 11.6 Å². The van der Waals surface area contributed by atoms with Gasteiger partial charge in [-0.3, -0.25) is 0 Å². The molecular formula is C10H12N4. The molecule has 14 heavy (non-hydrogen) atoms. The summed E-state index contributed by atoms with van der Waals surface area (Å²) >= 11 is 0. The molecular weight excluding hydrogens is 176 g/mol. The minimum atomic E-state index is 0.753. The number of hydrogen-bond acceptors (Lipinski definition) is 4. The summed E-state index contributed by atoms with van der Waals surface area (Å²) in [4.78, 5) is 12.9. The minimum absolute atomic E-state index is 0.753. The monoisotopic (exact) mass is 188 g/mol. The van der Waals surface area contributed by atoms with Gasteiger partial charge in [0.15, 0.2) is 5.65 Å². The van der Waals surface area contributed by atoms with Crippen molar-refractivity contribution in [2.75, 3.05) is 12.4 Å². The van der Waals surface area contributed by atoms with Gasteiger partial charge in [0, 0.05) is 19.7 Å². The first-order valence-electron chi connectivity index (χ1n) is 4.64. The Morgan fingerprint density at radius 2 is 2.21 bits per heavy atom. The van der Waals surface area contributed by atoms with E-state index in [1.807, 2.05) is 26.1 Å². The molecule has 0 fully saturated rings. The average molecular weight is 188 g/mol. The Morgan fingerprint density at radius 1 is 1.36 bits per heavy atom. The van der Waals surface area contributed by atoms with Crippen LogP contribution in [0.15, 0.2) is 18.3 Å². The van der Waals surface area contributed by atoms with E-state index in [1.165, 1.54) is 0 Å². The van der Waals surface area contributed by atoms with Gasteiger partial charge < -0.3 is 5.32 Å². The molecule has 0 saturated carbocycles. The van der Waals surface area contributed by atoms with Crippen LogP contribution in [0.1, 0.15) is 12.7 Å². The Balaban J connectivity index is 2.73. The zero-order valence-electron chi connectivity index (χ0n) is 8.28. The van der Waals surface area contributed by atoms with E-state index in [2.05, 4.69) is 20.3 Å². The molecule has 2 aromatic heterocycles. The Bertz CT molecular complexity index is 453. The van der Waals surface area contributed by atoms with Crippen LogP contribution in [0.25, 0.3) is 11.0 Å². The second-order valence-corrected chi connectivity index (χ2v) is 2.97. The molecule has 4 heteroatoms. The van der Waals surface area contributed by atoms with Crippen molar-refractivity contribution in [3.63, 3.8) is 0 Å². The maximum Gasteiger partial charge on any atom is 0.164 e. The molecule has 0 unspecified atom stereocenters. The van der Waals surface area contributed by atoms with Gasteiger partial charge in [-0.15, -0.1) is 0 Å². The molecule has 0 bridgehead atoms. The lowest BCUT2D eigenvalue weighted by Crippen LogP contribution is -2.01. The van der Waals surface area contributed by atoms with E-state index in [1.54, 1.807) is 6.20 Å². The van der Waals surface area contributed by atoms with Gasteiger partial charge in [-0.05, 0) is 12.1 Å². The normalized spacial score (nSPS) is 10.4. The number of anilines is 1. The summed E-state index contributed by atoms with van der Waals surface area (Å²) in [6, 6.07) is 3.85. The van der Waals surface area contributed by atoms with Gasteiger partial charge in [-0.25, -0.2) is 15.0 Å². The van der Waals surface area contributed by atoms with Crippen LogP contribution in [0.5, 0.6) is 0 Å². The van der Waals surface area contributed by atoms with E-state index in [-0.39, 0.29) is 0 Å². The number of rotatable bonds is 2. The van der Waals surface area contributed by atoms with E-state index in [0.717, 1.165) is 29.1 Å². The third-order valence-corrected chi connectivity index (χ3v) is 2.07. The zero-order chi connectivity index (χ0) is 9.97. The maximum atomic E-state index is 4.38. The zero-order valence-corrected chi connectivity index (χ0v) is 8.28. The van der Waals surface area contributed by atoms with Gasteiger partial charge in [0.25, 0.3) is 0 Å². The van der Waals surface area contributed by atoms with Crippen molar-refractivity contribution in [2.24, 2.45) is 0 Å². The molecule has 72 valence electrons. The first-order valence-corrected chi connectivity index (χ1v) is 4.64. The number of fused-ring (bicyclic) bond motifs is 1. The topological polar surface area (TPSA) is 50.7 Å². The highest BCUT2D eigenvalue weighted by Crippen LogP contribution is 2.17. The third-order valence-electron chi connectivity index (χ3n) is 2.07. The van der Waals surface area contributed by atoms with Gasteiger partial charge in [0.2, 0.25) is 0 Å². The molecule has 0 saturated heterocycles. The predicted molar refractivity (Wildman–Crippen MR) is 56.3 cm³/mol. The molecule has 0 aliphatic heterocycles. The van der Waals surface area contributed by atoms with Gasteiger partial charge in [-0.1, -0.05) is 6.92 Å². The molecule has 0 spiro atoms. The van der Waals surface area contributed by atoms with Crippen LogP contribution in [0, 0.1) is 0 Å². The summed E-state index contributed by atoms with van der Waals surface area (Å²) in [7, 11) is 1.86. The van der Waals surface area contributed by atoms with E-state index >= 15 is 0 Å². The number of hydrogen-bond donors (Lipinski definition) is 1. The van der Waals surface area contributed by atoms with E-state index in [4.69, 9.17) is 0 Å². The van der Waals surface area contributed by atoms with Crippen molar-refractivity contribution in [1.29, 1.82) is 0 Å². The van der Waals surface area contributed by atoms with Crippen LogP contribution in [0.3, 0.4) is 0 Å².